The molecule has 4 rings (SSSR count). The lowest BCUT2D eigenvalue weighted by Gasteiger charge is -2.26. The lowest BCUT2D eigenvalue weighted by atomic mass is 9.83. The van der Waals surface area contributed by atoms with Gasteiger partial charge in [-0.2, -0.15) is 0 Å². The molecule has 0 bridgehead atoms. The van der Waals surface area contributed by atoms with Crippen molar-refractivity contribution in [3.8, 4) is 0 Å². The lowest BCUT2D eigenvalue weighted by Crippen LogP contribution is -2.23. The summed E-state index contributed by atoms with van der Waals surface area (Å²) < 4.78 is 4.58. The van der Waals surface area contributed by atoms with E-state index >= 15 is 0 Å². The van der Waals surface area contributed by atoms with Crippen molar-refractivity contribution in [1.29, 1.82) is 0 Å². The Bertz CT molecular complexity index is 1130. The molecule has 0 aliphatic carbocycles. The van der Waals surface area contributed by atoms with E-state index in [0.29, 0.717) is 5.92 Å². The Morgan fingerprint density at radius 1 is 1.00 bits per heavy atom. The van der Waals surface area contributed by atoms with Crippen LogP contribution in [0.2, 0.25) is 0 Å². The molecule has 0 atom stereocenters. The van der Waals surface area contributed by atoms with Crippen LogP contribution in [0, 0.1) is 0 Å². The molecule has 4 heteroatoms. The summed E-state index contributed by atoms with van der Waals surface area (Å²) in [6.07, 6.45) is 6.78. The predicted molar refractivity (Wildman–Crippen MR) is 112 cm³/mol. The van der Waals surface area contributed by atoms with Gasteiger partial charge in [0.1, 0.15) is 0 Å². The van der Waals surface area contributed by atoms with E-state index < -0.39 is 0 Å². The number of nitrogens with zero attached hydrogens (tertiary/aromatic N) is 4. The maximum absolute atomic E-state index is 4.75. The number of rotatable bonds is 4. The van der Waals surface area contributed by atoms with Gasteiger partial charge in [-0.1, -0.05) is 27.7 Å². The van der Waals surface area contributed by atoms with Crippen molar-refractivity contribution < 1.29 is 0 Å². The molecule has 4 aromatic rings. The molecule has 0 N–H and O–H groups in total. The highest BCUT2D eigenvalue weighted by atomic mass is 15.0. The fourth-order valence-corrected chi connectivity index (χ4v) is 4.35. The molecular weight excluding hydrogens is 332 g/mol. The van der Waals surface area contributed by atoms with Crippen molar-refractivity contribution in [3.63, 3.8) is 0 Å². The summed E-state index contributed by atoms with van der Waals surface area (Å²) in [5.41, 5.74) is 7.44. The number of aryl methyl sites for hydroxylation is 2. The van der Waals surface area contributed by atoms with Crippen LogP contribution in [0.15, 0.2) is 42.9 Å². The van der Waals surface area contributed by atoms with E-state index in [1.54, 1.807) is 0 Å². The van der Waals surface area contributed by atoms with Crippen molar-refractivity contribution in [3.05, 3.63) is 59.8 Å². The lowest BCUT2D eigenvalue weighted by molar-refractivity contribution is 0.489. The predicted octanol–water partition coefficient (Wildman–Crippen LogP) is 5.10. The van der Waals surface area contributed by atoms with Gasteiger partial charge in [0, 0.05) is 54.9 Å². The number of aromatic nitrogens is 4. The van der Waals surface area contributed by atoms with Gasteiger partial charge in [0.25, 0.3) is 0 Å². The maximum Gasteiger partial charge on any atom is 0.0884 e. The van der Waals surface area contributed by atoms with E-state index in [1.807, 2.05) is 18.6 Å². The van der Waals surface area contributed by atoms with Gasteiger partial charge >= 0.3 is 0 Å². The van der Waals surface area contributed by atoms with Gasteiger partial charge in [-0.05, 0) is 42.2 Å². The van der Waals surface area contributed by atoms with Gasteiger partial charge in [-0.15, -0.1) is 0 Å². The van der Waals surface area contributed by atoms with Crippen LogP contribution in [0.3, 0.4) is 0 Å². The van der Waals surface area contributed by atoms with Crippen LogP contribution in [-0.2, 0) is 25.9 Å². The Kier molecular flexibility index (Phi) is 4.10. The van der Waals surface area contributed by atoms with Gasteiger partial charge in [-0.3, -0.25) is 9.97 Å². The molecule has 0 amide bonds. The highest BCUT2D eigenvalue weighted by molar-refractivity contribution is 5.81. The highest BCUT2D eigenvalue weighted by Gasteiger charge is 2.26. The van der Waals surface area contributed by atoms with E-state index in [9.17, 15) is 0 Å². The summed E-state index contributed by atoms with van der Waals surface area (Å²) in [5, 5.41) is 1.20. The van der Waals surface area contributed by atoms with E-state index in [0.717, 1.165) is 11.9 Å². The Morgan fingerprint density at radius 3 is 2.48 bits per heavy atom. The molecule has 0 radical (unpaired) electrons. The molecule has 0 aromatic carbocycles. The molecule has 140 valence electrons. The average Bonchev–Trinajstić information content (AvgIpc) is 3.14. The first-order valence-corrected chi connectivity index (χ1v) is 9.62. The highest BCUT2D eigenvalue weighted by Crippen LogP contribution is 2.32. The SMILES string of the molecule is CC(C)c1cc2ncc(CC(C)(C)c3cc4cnccc4n3C)cc2n1C. The molecule has 0 saturated heterocycles. The fourth-order valence-electron chi connectivity index (χ4n) is 4.35. The van der Waals surface area contributed by atoms with E-state index in [1.165, 1.54) is 33.4 Å². The monoisotopic (exact) mass is 360 g/mol. The van der Waals surface area contributed by atoms with Crippen LogP contribution < -0.4 is 0 Å². The number of hydrogen-bond donors (Lipinski definition) is 0. The van der Waals surface area contributed by atoms with Crippen molar-refractivity contribution in [2.24, 2.45) is 14.1 Å². The molecule has 0 aliphatic rings. The normalized spacial score (nSPS) is 12.6. The Labute approximate surface area is 160 Å². The van der Waals surface area contributed by atoms with Crippen LogP contribution in [0.4, 0.5) is 0 Å². The first-order chi connectivity index (χ1) is 12.8. The first kappa shape index (κ1) is 17.8. The van der Waals surface area contributed by atoms with E-state index in [4.69, 9.17) is 4.98 Å². The Hall–Kier alpha value is -2.62. The smallest absolute Gasteiger partial charge is 0.0884 e. The summed E-state index contributed by atoms with van der Waals surface area (Å²) in [5.74, 6) is 0.494. The molecular formula is C23H28N4. The van der Waals surface area contributed by atoms with Crippen molar-refractivity contribution >= 4 is 21.9 Å². The van der Waals surface area contributed by atoms with Gasteiger partial charge in [-0.25, -0.2) is 0 Å². The minimum Gasteiger partial charge on any atom is -0.347 e. The second-order valence-corrected chi connectivity index (χ2v) is 8.61. The quantitative estimate of drug-likeness (QED) is 0.507. The van der Waals surface area contributed by atoms with Crippen LogP contribution >= 0.6 is 0 Å². The number of pyridine rings is 2. The number of fused-ring (bicyclic) bond motifs is 2. The van der Waals surface area contributed by atoms with Crippen molar-refractivity contribution in [1.82, 2.24) is 19.1 Å². The largest absolute Gasteiger partial charge is 0.347 e. The molecule has 0 spiro atoms. The van der Waals surface area contributed by atoms with Gasteiger partial charge < -0.3 is 9.13 Å². The molecule has 0 aliphatic heterocycles. The average molecular weight is 361 g/mol. The molecule has 0 saturated carbocycles. The zero-order chi connectivity index (χ0) is 19.3. The first-order valence-electron chi connectivity index (χ1n) is 9.62. The molecule has 0 unspecified atom stereocenters. The zero-order valence-electron chi connectivity index (χ0n) is 17.1. The third kappa shape index (κ3) is 2.93. The third-order valence-corrected chi connectivity index (χ3v) is 5.76. The summed E-state index contributed by atoms with van der Waals surface area (Å²) >= 11 is 0. The molecule has 4 aromatic heterocycles. The molecule has 4 nitrogen and oxygen atoms in total. The second kappa shape index (κ2) is 6.22. The second-order valence-electron chi connectivity index (χ2n) is 8.61. The van der Waals surface area contributed by atoms with Crippen LogP contribution in [0.1, 0.15) is 50.6 Å². The van der Waals surface area contributed by atoms with Crippen molar-refractivity contribution in [2.45, 2.75) is 45.4 Å². The minimum absolute atomic E-state index is 0.00479. The Morgan fingerprint density at radius 2 is 1.78 bits per heavy atom. The van der Waals surface area contributed by atoms with Crippen molar-refractivity contribution in [2.75, 3.05) is 0 Å². The zero-order valence-corrected chi connectivity index (χ0v) is 17.1. The summed E-state index contributed by atoms with van der Waals surface area (Å²) in [4.78, 5) is 9.02. The summed E-state index contributed by atoms with van der Waals surface area (Å²) in [6, 6.07) is 8.87. The Balaban J connectivity index is 1.73. The van der Waals surface area contributed by atoms with Gasteiger partial charge in [0.15, 0.2) is 0 Å². The van der Waals surface area contributed by atoms with Crippen LogP contribution in [0.25, 0.3) is 21.9 Å². The summed E-state index contributed by atoms with van der Waals surface area (Å²) in [6.45, 7) is 9.08. The minimum atomic E-state index is -0.00479. The molecule has 27 heavy (non-hydrogen) atoms. The number of hydrogen-bond acceptors (Lipinski definition) is 2. The van der Waals surface area contributed by atoms with E-state index in [2.05, 4.69) is 80.2 Å². The van der Waals surface area contributed by atoms with E-state index in [-0.39, 0.29) is 5.41 Å². The fraction of sp³-hybridized carbons (Fsp3) is 0.391. The third-order valence-electron chi connectivity index (χ3n) is 5.76. The molecule has 4 heterocycles. The topological polar surface area (TPSA) is 35.6 Å². The summed E-state index contributed by atoms with van der Waals surface area (Å²) in [7, 11) is 4.29. The van der Waals surface area contributed by atoms with Gasteiger partial charge in [0.05, 0.1) is 16.6 Å². The standard InChI is InChI=1S/C23H28N4/c1-15(2)20-11-18-21(26(20)5)9-16(13-25-18)12-23(3,4)22-10-17-14-24-8-7-19(17)27(22)6/h7-11,13-15H,12H2,1-6H3. The maximum atomic E-state index is 4.75. The van der Waals surface area contributed by atoms with Crippen LogP contribution in [-0.4, -0.2) is 19.1 Å². The van der Waals surface area contributed by atoms with Gasteiger partial charge in [0.2, 0.25) is 0 Å². The molecule has 0 fully saturated rings. The van der Waals surface area contributed by atoms with Crippen LogP contribution in [0.5, 0.6) is 0 Å².